The first-order valence-corrected chi connectivity index (χ1v) is 11.2. The van der Waals surface area contributed by atoms with Gasteiger partial charge in [0.2, 0.25) is 0 Å². The fourth-order valence-electron chi connectivity index (χ4n) is 5.02. The van der Waals surface area contributed by atoms with Gasteiger partial charge in [-0.3, -0.25) is 0 Å². The molecule has 156 valence electrons. The van der Waals surface area contributed by atoms with Gasteiger partial charge in [0.1, 0.15) is 36.0 Å². The number of aromatic nitrogens is 6. The Labute approximate surface area is 175 Å². The summed E-state index contributed by atoms with van der Waals surface area (Å²) in [5.74, 6) is 3.64. The van der Waals surface area contributed by atoms with Crippen molar-refractivity contribution in [3.05, 3.63) is 24.8 Å². The summed E-state index contributed by atoms with van der Waals surface area (Å²) < 4.78 is 10.3. The number of hydrogen-bond donors (Lipinski definition) is 0. The number of pyridine rings is 1. The quantitative estimate of drug-likeness (QED) is 0.661. The van der Waals surface area contributed by atoms with Gasteiger partial charge >= 0.3 is 0 Å². The van der Waals surface area contributed by atoms with Gasteiger partial charge in [0.15, 0.2) is 5.82 Å². The lowest BCUT2D eigenvalue weighted by molar-refractivity contribution is 0.306. The van der Waals surface area contributed by atoms with Crippen LogP contribution in [0.4, 0.5) is 5.82 Å². The fraction of sp³-hybridized carbons (Fsp3) is 0.545. The molecule has 3 aliphatic rings. The number of ether oxygens (including phenoxy) is 1. The number of anilines is 1. The summed E-state index contributed by atoms with van der Waals surface area (Å²) in [5.41, 5.74) is 1.83. The monoisotopic (exact) mass is 405 g/mol. The standard InChI is InChI=1S/C22H27N7O/c1-2-6-16(7-3-1)29-22(24-15-25-29)18-14-28-10-11-30-19-12-20(27-8-4-5-9-27)23-13-17(19)21(28)26-18/h12-16H,1-11H2. The van der Waals surface area contributed by atoms with Crippen LogP contribution in [-0.4, -0.2) is 49.0 Å². The Hall–Kier alpha value is -2.90. The third-order valence-corrected chi connectivity index (χ3v) is 6.61. The molecule has 0 bridgehead atoms. The van der Waals surface area contributed by atoms with Gasteiger partial charge in [0.05, 0.1) is 18.2 Å². The summed E-state index contributed by atoms with van der Waals surface area (Å²) >= 11 is 0. The van der Waals surface area contributed by atoms with E-state index < -0.39 is 0 Å². The highest BCUT2D eigenvalue weighted by atomic mass is 16.5. The molecule has 1 saturated heterocycles. The second-order valence-electron chi connectivity index (χ2n) is 8.54. The predicted molar refractivity (Wildman–Crippen MR) is 114 cm³/mol. The molecule has 0 radical (unpaired) electrons. The van der Waals surface area contributed by atoms with E-state index >= 15 is 0 Å². The Morgan fingerprint density at radius 3 is 2.67 bits per heavy atom. The second kappa shape index (κ2) is 7.41. The minimum absolute atomic E-state index is 0.429. The van der Waals surface area contributed by atoms with Crippen molar-refractivity contribution in [1.82, 2.24) is 29.3 Å². The lowest BCUT2D eigenvalue weighted by Crippen LogP contribution is -2.19. The summed E-state index contributed by atoms with van der Waals surface area (Å²) in [5, 5.41) is 4.55. The first-order valence-electron chi connectivity index (χ1n) is 11.2. The average molecular weight is 406 g/mol. The van der Waals surface area contributed by atoms with Gasteiger partial charge in [0, 0.05) is 31.5 Å². The highest BCUT2D eigenvalue weighted by Crippen LogP contribution is 2.36. The lowest BCUT2D eigenvalue weighted by atomic mass is 9.95. The molecule has 8 nitrogen and oxygen atoms in total. The maximum atomic E-state index is 6.08. The molecule has 2 fully saturated rings. The number of rotatable bonds is 3. The third kappa shape index (κ3) is 3.05. The van der Waals surface area contributed by atoms with Crippen molar-refractivity contribution in [2.75, 3.05) is 24.6 Å². The molecule has 30 heavy (non-hydrogen) atoms. The summed E-state index contributed by atoms with van der Waals surface area (Å²) in [6.07, 6.45) is 14.3. The number of nitrogens with zero attached hydrogens (tertiary/aromatic N) is 7. The number of hydrogen-bond acceptors (Lipinski definition) is 6. The van der Waals surface area contributed by atoms with E-state index in [0.717, 1.165) is 54.1 Å². The maximum Gasteiger partial charge on any atom is 0.178 e. The third-order valence-electron chi connectivity index (χ3n) is 6.61. The Kier molecular flexibility index (Phi) is 4.43. The summed E-state index contributed by atoms with van der Waals surface area (Å²) in [7, 11) is 0. The molecule has 2 aliphatic heterocycles. The highest BCUT2D eigenvalue weighted by Gasteiger charge is 2.25. The molecule has 8 heteroatoms. The zero-order chi connectivity index (χ0) is 19.9. The van der Waals surface area contributed by atoms with Crippen LogP contribution in [0.15, 0.2) is 24.8 Å². The number of imidazole rings is 1. The Bertz CT molecular complexity index is 1040. The summed E-state index contributed by atoms with van der Waals surface area (Å²) in [4.78, 5) is 16.6. The minimum atomic E-state index is 0.429. The lowest BCUT2D eigenvalue weighted by Gasteiger charge is -2.22. The largest absolute Gasteiger partial charge is 0.491 e. The SMILES string of the molecule is c1nc(-c2cn3c(n2)-c2cnc(N4CCCC4)cc2OCC3)n(C2CCCCC2)n1. The van der Waals surface area contributed by atoms with Crippen molar-refractivity contribution in [3.63, 3.8) is 0 Å². The van der Waals surface area contributed by atoms with Crippen molar-refractivity contribution in [2.45, 2.75) is 57.5 Å². The van der Waals surface area contributed by atoms with Crippen LogP contribution < -0.4 is 9.64 Å². The molecule has 3 aromatic rings. The molecule has 0 amide bonds. The van der Waals surface area contributed by atoms with Crippen LogP contribution in [0.1, 0.15) is 51.0 Å². The van der Waals surface area contributed by atoms with E-state index in [1.807, 2.05) is 6.20 Å². The van der Waals surface area contributed by atoms with E-state index in [2.05, 4.69) is 36.5 Å². The molecule has 1 saturated carbocycles. The van der Waals surface area contributed by atoms with E-state index in [9.17, 15) is 0 Å². The van der Waals surface area contributed by atoms with Gasteiger partial charge in [-0.25, -0.2) is 19.6 Å². The normalized spacial score (nSPS) is 19.3. The molecule has 0 aromatic carbocycles. The Morgan fingerprint density at radius 2 is 1.80 bits per heavy atom. The maximum absolute atomic E-state index is 6.08. The van der Waals surface area contributed by atoms with Gasteiger partial charge in [-0.15, -0.1) is 0 Å². The van der Waals surface area contributed by atoms with Gasteiger partial charge in [-0.2, -0.15) is 5.10 Å². The minimum Gasteiger partial charge on any atom is -0.491 e. The second-order valence-corrected chi connectivity index (χ2v) is 8.54. The van der Waals surface area contributed by atoms with E-state index in [1.165, 1.54) is 44.9 Å². The van der Waals surface area contributed by atoms with Crippen LogP contribution in [0, 0.1) is 0 Å². The summed E-state index contributed by atoms with van der Waals surface area (Å²) in [6, 6.07) is 2.51. The Balaban J connectivity index is 1.37. The molecule has 6 rings (SSSR count). The molecule has 3 aromatic heterocycles. The first kappa shape index (κ1) is 17.9. The van der Waals surface area contributed by atoms with Gasteiger partial charge in [-0.1, -0.05) is 19.3 Å². The molecule has 0 atom stereocenters. The smallest absolute Gasteiger partial charge is 0.178 e. The molecule has 0 N–H and O–H groups in total. The van der Waals surface area contributed by atoms with E-state index in [1.54, 1.807) is 6.33 Å². The van der Waals surface area contributed by atoms with Crippen molar-refractivity contribution < 1.29 is 4.74 Å². The molecule has 0 spiro atoms. The van der Waals surface area contributed by atoms with Gasteiger partial charge < -0.3 is 14.2 Å². The highest BCUT2D eigenvalue weighted by molar-refractivity contribution is 5.69. The van der Waals surface area contributed by atoms with Crippen LogP contribution in [0.2, 0.25) is 0 Å². The van der Waals surface area contributed by atoms with Crippen molar-refractivity contribution in [1.29, 1.82) is 0 Å². The Morgan fingerprint density at radius 1 is 0.933 bits per heavy atom. The van der Waals surface area contributed by atoms with E-state index in [4.69, 9.17) is 14.7 Å². The van der Waals surface area contributed by atoms with Crippen molar-refractivity contribution >= 4 is 5.82 Å². The topological polar surface area (TPSA) is 73.9 Å². The van der Waals surface area contributed by atoms with Crippen molar-refractivity contribution in [2.24, 2.45) is 0 Å². The summed E-state index contributed by atoms with van der Waals surface area (Å²) in [6.45, 7) is 3.52. The first-order chi connectivity index (χ1) is 14.9. The van der Waals surface area contributed by atoms with Crippen LogP contribution in [-0.2, 0) is 6.54 Å². The molecule has 5 heterocycles. The van der Waals surface area contributed by atoms with Crippen LogP contribution in [0.5, 0.6) is 5.75 Å². The predicted octanol–water partition coefficient (Wildman–Crippen LogP) is 3.70. The zero-order valence-electron chi connectivity index (χ0n) is 17.2. The van der Waals surface area contributed by atoms with E-state index in [0.29, 0.717) is 12.6 Å². The van der Waals surface area contributed by atoms with E-state index in [-0.39, 0.29) is 0 Å². The number of fused-ring (bicyclic) bond motifs is 3. The van der Waals surface area contributed by atoms with Crippen LogP contribution >= 0.6 is 0 Å². The van der Waals surface area contributed by atoms with Crippen LogP contribution in [0.3, 0.4) is 0 Å². The average Bonchev–Trinajstić information content (AvgIpc) is 3.54. The van der Waals surface area contributed by atoms with Gasteiger partial charge in [-0.05, 0) is 25.7 Å². The zero-order valence-corrected chi connectivity index (χ0v) is 17.2. The molecular formula is C22H27N7O. The molecule has 0 unspecified atom stereocenters. The van der Waals surface area contributed by atoms with Crippen LogP contribution in [0.25, 0.3) is 22.9 Å². The fourth-order valence-corrected chi connectivity index (χ4v) is 5.02. The van der Waals surface area contributed by atoms with Crippen molar-refractivity contribution in [3.8, 4) is 28.7 Å². The molecule has 1 aliphatic carbocycles. The molecular weight excluding hydrogens is 378 g/mol. The van der Waals surface area contributed by atoms with Gasteiger partial charge in [0.25, 0.3) is 0 Å².